The molecule has 94 valence electrons. The van der Waals surface area contributed by atoms with Crippen LogP contribution in [0.5, 0.6) is 0 Å². The molecule has 1 aromatic heterocycles. The normalized spacial score (nSPS) is 16.8. The van der Waals surface area contributed by atoms with Gasteiger partial charge < -0.3 is 15.6 Å². The van der Waals surface area contributed by atoms with Crippen LogP contribution < -0.4 is 10.6 Å². The summed E-state index contributed by atoms with van der Waals surface area (Å²) >= 11 is 0. The Kier molecular flexibility index (Phi) is 2.25. The van der Waals surface area contributed by atoms with Gasteiger partial charge in [0.2, 0.25) is 5.91 Å². The fraction of sp³-hybridized carbons (Fsp3) is 0.357. The van der Waals surface area contributed by atoms with Crippen LogP contribution in [-0.4, -0.2) is 23.5 Å². The lowest BCUT2D eigenvalue weighted by Gasteiger charge is -2.21. The van der Waals surface area contributed by atoms with Crippen molar-refractivity contribution in [3.63, 3.8) is 0 Å². The fourth-order valence-corrected chi connectivity index (χ4v) is 2.48. The van der Waals surface area contributed by atoms with Crippen molar-refractivity contribution in [3.05, 3.63) is 30.0 Å². The number of H-pyrrole nitrogens is 1. The van der Waals surface area contributed by atoms with Crippen molar-refractivity contribution < 1.29 is 4.79 Å². The van der Waals surface area contributed by atoms with Crippen LogP contribution in [0.15, 0.2) is 24.3 Å². The smallest absolute Gasteiger partial charge is 0.246 e. The first-order valence-corrected chi connectivity index (χ1v) is 6.17. The first kappa shape index (κ1) is 11.3. The van der Waals surface area contributed by atoms with Gasteiger partial charge in [-0.1, -0.05) is 18.2 Å². The first-order valence-electron chi connectivity index (χ1n) is 6.17. The summed E-state index contributed by atoms with van der Waals surface area (Å²) in [7, 11) is 1.80. The summed E-state index contributed by atoms with van der Waals surface area (Å²) in [6.45, 7) is 1.98. The average molecular weight is 243 g/mol. The molecule has 0 spiro atoms. The van der Waals surface area contributed by atoms with Crippen molar-refractivity contribution in [1.29, 1.82) is 0 Å². The average Bonchev–Trinajstić information content (AvgIpc) is 3.01. The summed E-state index contributed by atoms with van der Waals surface area (Å²) < 4.78 is 0. The molecule has 1 aliphatic carbocycles. The molecule has 0 radical (unpaired) electrons. The molecule has 3 N–H and O–H groups in total. The summed E-state index contributed by atoms with van der Waals surface area (Å²) in [6, 6.07) is 8.00. The Morgan fingerprint density at radius 2 is 2.06 bits per heavy atom. The van der Waals surface area contributed by atoms with Gasteiger partial charge in [0.05, 0.1) is 11.2 Å². The number of nitrogens with one attached hydrogen (secondary N) is 1. The second-order valence-electron chi connectivity index (χ2n) is 5.16. The summed E-state index contributed by atoms with van der Waals surface area (Å²) in [5.74, 6) is 0.00959. The second kappa shape index (κ2) is 3.59. The van der Waals surface area contributed by atoms with Gasteiger partial charge in [0, 0.05) is 23.6 Å². The van der Waals surface area contributed by atoms with Gasteiger partial charge in [0.25, 0.3) is 0 Å². The van der Waals surface area contributed by atoms with E-state index in [1.807, 2.05) is 31.2 Å². The van der Waals surface area contributed by atoms with Crippen LogP contribution >= 0.6 is 0 Å². The molecule has 0 bridgehead atoms. The number of hydrogen-bond donors (Lipinski definition) is 2. The predicted molar refractivity (Wildman–Crippen MR) is 72.6 cm³/mol. The SMILES string of the molecule is Cc1[nH]c2ccccc2c1N(C)C(=O)C1(N)CC1. The minimum Gasteiger partial charge on any atom is -0.357 e. The van der Waals surface area contributed by atoms with E-state index in [1.165, 1.54) is 0 Å². The van der Waals surface area contributed by atoms with Crippen LogP contribution in [0.2, 0.25) is 0 Å². The topological polar surface area (TPSA) is 62.1 Å². The zero-order valence-corrected chi connectivity index (χ0v) is 10.7. The molecule has 0 unspecified atom stereocenters. The number of carbonyl (C=O) groups excluding carboxylic acids is 1. The van der Waals surface area contributed by atoms with Gasteiger partial charge in [0.1, 0.15) is 0 Å². The number of hydrogen-bond acceptors (Lipinski definition) is 2. The Morgan fingerprint density at radius 3 is 2.72 bits per heavy atom. The van der Waals surface area contributed by atoms with E-state index in [0.717, 1.165) is 35.1 Å². The highest BCUT2D eigenvalue weighted by Crippen LogP contribution is 2.37. The molecule has 4 heteroatoms. The maximum absolute atomic E-state index is 12.3. The molecule has 1 heterocycles. The highest BCUT2D eigenvalue weighted by molar-refractivity contribution is 6.08. The van der Waals surface area contributed by atoms with E-state index in [0.29, 0.717) is 0 Å². The Balaban J connectivity index is 2.08. The predicted octanol–water partition coefficient (Wildman–Crippen LogP) is 1.93. The van der Waals surface area contributed by atoms with Gasteiger partial charge in [-0.05, 0) is 25.8 Å². The Morgan fingerprint density at radius 1 is 1.39 bits per heavy atom. The number of carbonyl (C=O) groups is 1. The van der Waals surface area contributed by atoms with Gasteiger partial charge in [-0.2, -0.15) is 0 Å². The maximum Gasteiger partial charge on any atom is 0.246 e. The van der Waals surface area contributed by atoms with E-state index in [9.17, 15) is 4.79 Å². The summed E-state index contributed by atoms with van der Waals surface area (Å²) in [4.78, 5) is 17.3. The zero-order valence-electron chi connectivity index (χ0n) is 10.7. The lowest BCUT2D eigenvalue weighted by Crippen LogP contribution is -2.44. The molecule has 1 amide bonds. The number of aromatic nitrogens is 1. The number of fused-ring (bicyclic) bond motifs is 1. The number of benzene rings is 1. The lowest BCUT2D eigenvalue weighted by molar-refractivity contribution is -0.120. The number of aromatic amines is 1. The van der Waals surface area contributed by atoms with E-state index in [4.69, 9.17) is 5.73 Å². The van der Waals surface area contributed by atoms with Crippen molar-refractivity contribution in [2.75, 3.05) is 11.9 Å². The van der Waals surface area contributed by atoms with E-state index in [2.05, 4.69) is 4.98 Å². The minimum atomic E-state index is -0.625. The number of nitrogens with two attached hydrogens (primary N) is 1. The largest absolute Gasteiger partial charge is 0.357 e. The van der Waals surface area contributed by atoms with Gasteiger partial charge in [-0.3, -0.25) is 4.79 Å². The second-order valence-corrected chi connectivity index (χ2v) is 5.16. The van der Waals surface area contributed by atoms with Crippen molar-refractivity contribution in [2.24, 2.45) is 5.73 Å². The van der Waals surface area contributed by atoms with E-state index in [-0.39, 0.29) is 5.91 Å². The first-order chi connectivity index (χ1) is 8.53. The molecule has 0 atom stereocenters. The Hall–Kier alpha value is -1.81. The third-order valence-electron chi connectivity index (χ3n) is 3.71. The van der Waals surface area contributed by atoms with Gasteiger partial charge in [0.15, 0.2) is 0 Å². The molecule has 0 aliphatic heterocycles. The Labute approximate surface area is 106 Å². The monoisotopic (exact) mass is 243 g/mol. The summed E-state index contributed by atoms with van der Waals surface area (Å²) in [6.07, 6.45) is 1.58. The van der Waals surface area contributed by atoms with Gasteiger partial charge in [-0.15, -0.1) is 0 Å². The van der Waals surface area contributed by atoms with Crippen LogP contribution in [0.3, 0.4) is 0 Å². The van der Waals surface area contributed by atoms with Gasteiger partial charge in [-0.25, -0.2) is 0 Å². The minimum absolute atomic E-state index is 0.00959. The van der Waals surface area contributed by atoms with Gasteiger partial charge >= 0.3 is 0 Å². The van der Waals surface area contributed by atoms with Crippen molar-refractivity contribution >= 4 is 22.5 Å². The third-order valence-corrected chi connectivity index (χ3v) is 3.71. The molecular formula is C14H17N3O. The summed E-state index contributed by atoms with van der Waals surface area (Å²) in [5.41, 5.74) is 8.35. The van der Waals surface area contributed by atoms with E-state index < -0.39 is 5.54 Å². The number of anilines is 1. The number of nitrogens with zero attached hydrogens (tertiary/aromatic N) is 1. The highest BCUT2D eigenvalue weighted by Gasteiger charge is 2.48. The van der Waals surface area contributed by atoms with Crippen molar-refractivity contribution in [1.82, 2.24) is 4.98 Å². The molecule has 1 saturated carbocycles. The Bertz CT molecular complexity index is 625. The van der Waals surface area contributed by atoms with Crippen LogP contribution in [0.4, 0.5) is 5.69 Å². The molecule has 4 nitrogen and oxygen atoms in total. The molecule has 0 saturated heterocycles. The number of para-hydroxylation sites is 1. The number of rotatable bonds is 2. The van der Waals surface area contributed by atoms with Crippen LogP contribution in [0.1, 0.15) is 18.5 Å². The number of likely N-dealkylation sites (N-methyl/N-ethyl adjacent to an activating group) is 1. The number of amides is 1. The highest BCUT2D eigenvalue weighted by atomic mass is 16.2. The molecular weight excluding hydrogens is 226 g/mol. The van der Waals surface area contributed by atoms with Crippen molar-refractivity contribution in [2.45, 2.75) is 25.3 Å². The lowest BCUT2D eigenvalue weighted by atomic mass is 10.2. The van der Waals surface area contributed by atoms with E-state index in [1.54, 1.807) is 11.9 Å². The molecule has 3 rings (SSSR count). The fourth-order valence-electron chi connectivity index (χ4n) is 2.48. The quantitative estimate of drug-likeness (QED) is 0.846. The summed E-state index contributed by atoms with van der Waals surface area (Å²) in [5, 5.41) is 1.06. The van der Waals surface area contributed by atoms with Crippen molar-refractivity contribution in [3.8, 4) is 0 Å². The van der Waals surface area contributed by atoms with Crippen LogP contribution in [0, 0.1) is 6.92 Å². The third kappa shape index (κ3) is 1.53. The number of aryl methyl sites for hydroxylation is 1. The molecule has 1 fully saturated rings. The zero-order chi connectivity index (χ0) is 12.9. The van der Waals surface area contributed by atoms with E-state index >= 15 is 0 Å². The molecule has 2 aromatic rings. The van der Waals surface area contributed by atoms with Crippen LogP contribution in [-0.2, 0) is 4.79 Å². The molecule has 18 heavy (non-hydrogen) atoms. The molecule has 1 aromatic carbocycles. The standard InChI is InChI=1S/C14H17N3O/c1-9-12(10-5-3-4-6-11(10)16-9)17(2)13(18)14(15)7-8-14/h3-6,16H,7-8,15H2,1-2H3. The molecule has 1 aliphatic rings. The van der Waals surface area contributed by atoms with Crippen LogP contribution in [0.25, 0.3) is 10.9 Å². The maximum atomic E-state index is 12.3.